The standard InChI is InChI=1S/C14H12N2O2.C13H10N2O2.C12H6Cl2N2.C12H8N2O2.C12H8N2/c1-17-11-5-7-15-13-9(11)3-4-10-12(18-2)6-8-16-14(10)13;1-17-11-5-7-15-13-9(11)3-2-8-10(16)4-6-14-12(8)13;13-9-3-5-15-11-7(9)1-2-8-10(14)4-6-16-12(8)11;15-9-3-5-13-11-7(9)1-2-8-10(16)4-6-14-12(8)11;1-3-9-5-6-10-4-2-8-14-12(10)11(9)13-7-1/h3-8H,1-2H3;2-7H,1H3,(H,14,16);1-6H;1-6H,(H,13,15)(H,14,16);1-8H. The lowest BCUT2D eigenvalue weighted by Crippen LogP contribution is -2.04. The molecule has 0 aliphatic carbocycles. The number of fused-ring (bicyclic) bond motifs is 15. The van der Waals surface area contributed by atoms with E-state index in [4.69, 9.17) is 37.4 Å². The fourth-order valence-corrected chi connectivity index (χ4v) is 9.90. The molecule has 396 valence electrons. The number of aromatic nitrogens is 10. The van der Waals surface area contributed by atoms with Crippen molar-refractivity contribution in [3.8, 4) is 17.2 Å². The minimum atomic E-state index is -0.0552. The number of aromatic amines is 3. The highest BCUT2D eigenvalue weighted by atomic mass is 35.5. The molecule has 0 bridgehead atoms. The van der Waals surface area contributed by atoms with Crippen LogP contribution in [-0.4, -0.2) is 71.2 Å². The summed E-state index contributed by atoms with van der Waals surface area (Å²) in [6.45, 7) is 0. The summed E-state index contributed by atoms with van der Waals surface area (Å²) < 4.78 is 15.9. The highest BCUT2D eigenvalue weighted by molar-refractivity contribution is 6.38. The van der Waals surface area contributed by atoms with Crippen LogP contribution in [0.5, 0.6) is 17.2 Å². The summed E-state index contributed by atoms with van der Waals surface area (Å²) in [4.78, 5) is 74.3. The van der Waals surface area contributed by atoms with Gasteiger partial charge >= 0.3 is 0 Å². The zero-order valence-corrected chi connectivity index (χ0v) is 44.8. The van der Waals surface area contributed by atoms with Crippen LogP contribution in [0.3, 0.4) is 0 Å². The van der Waals surface area contributed by atoms with E-state index in [0.29, 0.717) is 37.2 Å². The van der Waals surface area contributed by atoms with Crippen molar-refractivity contribution in [3.05, 3.63) is 236 Å². The van der Waals surface area contributed by atoms with E-state index in [1.807, 2.05) is 54.6 Å². The molecule has 0 spiro atoms. The molecule has 16 nitrogen and oxygen atoms in total. The lowest BCUT2D eigenvalue weighted by molar-refractivity contribution is 0.419. The molecule has 15 rings (SSSR count). The van der Waals surface area contributed by atoms with Crippen LogP contribution >= 0.6 is 23.2 Å². The average molecular weight is 1110 g/mol. The van der Waals surface area contributed by atoms with Gasteiger partial charge in [-0.3, -0.25) is 49.3 Å². The van der Waals surface area contributed by atoms with Crippen molar-refractivity contribution in [2.24, 2.45) is 0 Å². The maximum atomic E-state index is 11.7. The van der Waals surface area contributed by atoms with Crippen LogP contribution < -0.4 is 30.5 Å². The number of pyridine rings is 10. The van der Waals surface area contributed by atoms with E-state index < -0.39 is 0 Å². The minimum absolute atomic E-state index is 0.00901. The van der Waals surface area contributed by atoms with Crippen LogP contribution in [0.4, 0.5) is 0 Å². The van der Waals surface area contributed by atoms with Gasteiger partial charge in [-0.2, -0.15) is 0 Å². The van der Waals surface area contributed by atoms with Gasteiger partial charge in [0.15, 0.2) is 16.3 Å². The van der Waals surface area contributed by atoms with Crippen LogP contribution in [0, 0.1) is 0 Å². The van der Waals surface area contributed by atoms with Gasteiger partial charge < -0.3 is 29.2 Å². The number of nitrogens with one attached hydrogen (secondary N) is 3. The second kappa shape index (κ2) is 23.3. The van der Waals surface area contributed by atoms with Crippen molar-refractivity contribution < 1.29 is 14.2 Å². The van der Waals surface area contributed by atoms with Crippen LogP contribution in [0.1, 0.15) is 0 Å². The molecule has 0 atom stereocenters. The summed E-state index contributed by atoms with van der Waals surface area (Å²) >= 11 is 12.2. The molecule has 10 aromatic heterocycles. The van der Waals surface area contributed by atoms with E-state index >= 15 is 0 Å². The Morgan fingerprint density at radius 1 is 0.309 bits per heavy atom. The van der Waals surface area contributed by atoms with Crippen LogP contribution in [0.15, 0.2) is 210 Å². The lowest BCUT2D eigenvalue weighted by atomic mass is 10.1. The second-order valence-corrected chi connectivity index (χ2v) is 18.7. The number of rotatable bonds is 3. The Labute approximate surface area is 468 Å². The van der Waals surface area contributed by atoms with Gasteiger partial charge in [-0.1, -0.05) is 59.6 Å². The minimum Gasteiger partial charge on any atom is -0.496 e. The summed E-state index contributed by atoms with van der Waals surface area (Å²) in [5, 5.41) is 10.0. The molecule has 0 saturated heterocycles. The maximum Gasteiger partial charge on any atom is 0.189 e. The molecule has 0 unspecified atom stereocenters. The first-order chi connectivity index (χ1) is 39.6. The third-order valence-electron chi connectivity index (χ3n) is 13.3. The summed E-state index contributed by atoms with van der Waals surface area (Å²) in [5.41, 5.74) is 7.89. The monoisotopic (exact) mass is 1110 g/mol. The van der Waals surface area contributed by atoms with Crippen molar-refractivity contribution >= 4 is 132 Å². The summed E-state index contributed by atoms with van der Waals surface area (Å²) in [6, 6.07) is 40.4. The maximum absolute atomic E-state index is 11.7. The van der Waals surface area contributed by atoms with Gasteiger partial charge in [0.05, 0.1) is 75.5 Å². The van der Waals surface area contributed by atoms with E-state index in [2.05, 4.69) is 74.1 Å². The molecule has 15 aromatic rings. The van der Waals surface area contributed by atoms with Gasteiger partial charge in [0.1, 0.15) is 28.3 Å². The number of halogens is 2. The van der Waals surface area contributed by atoms with E-state index in [1.54, 1.807) is 120 Å². The number of H-pyrrole nitrogens is 3. The van der Waals surface area contributed by atoms with Crippen molar-refractivity contribution in [1.82, 2.24) is 49.8 Å². The second-order valence-electron chi connectivity index (χ2n) is 17.9. The third-order valence-corrected chi connectivity index (χ3v) is 14.0. The molecule has 0 radical (unpaired) electrons. The fraction of sp³-hybridized carbons (Fsp3) is 0.0476. The highest BCUT2D eigenvalue weighted by Gasteiger charge is 2.12. The Kier molecular flexibility index (Phi) is 15.1. The van der Waals surface area contributed by atoms with Gasteiger partial charge in [-0.15, -0.1) is 0 Å². The Morgan fingerprint density at radius 2 is 0.617 bits per heavy atom. The third kappa shape index (κ3) is 10.4. The zero-order valence-electron chi connectivity index (χ0n) is 43.3. The zero-order chi connectivity index (χ0) is 56.0. The lowest BCUT2D eigenvalue weighted by Gasteiger charge is -2.08. The molecule has 0 fully saturated rings. The summed E-state index contributed by atoms with van der Waals surface area (Å²) in [6.07, 6.45) is 16.9. The molecule has 0 amide bonds. The smallest absolute Gasteiger partial charge is 0.189 e. The predicted octanol–water partition coefficient (Wildman–Crippen LogP) is 13.1. The van der Waals surface area contributed by atoms with Crippen LogP contribution in [-0.2, 0) is 0 Å². The van der Waals surface area contributed by atoms with Crippen molar-refractivity contribution in [2.45, 2.75) is 0 Å². The molecule has 5 aromatic carbocycles. The predicted molar refractivity (Wildman–Crippen MR) is 323 cm³/mol. The molecular weight excluding hydrogens is 1060 g/mol. The van der Waals surface area contributed by atoms with E-state index in [9.17, 15) is 14.4 Å². The molecule has 18 heteroatoms. The van der Waals surface area contributed by atoms with Gasteiger partial charge in [-0.25, -0.2) is 0 Å². The van der Waals surface area contributed by atoms with Gasteiger partial charge in [0.25, 0.3) is 0 Å². The molecule has 0 aliphatic heterocycles. The van der Waals surface area contributed by atoms with Crippen LogP contribution in [0.2, 0.25) is 10.0 Å². The Morgan fingerprint density at radius 3 is 1.02 bits per heavy atom. The Balaban J connectivity index is 0.000000107. The molecular formula is C63H44Cl2N10O6. The van der Waals surface area contributed by atoms with Gasteiger partial charge in [-0.05, 0) is 78.9 Å². The first-order valence-corrected chi connectivity index (χ1v) is 25.8. The molecule has 0 aliphatic rings. The highest BCUT2D eigenvalue weighted by Crippen LogP contribution is 2.34. The summed E-state index contributed by atoms with van der Waals surface area (Å²) in [5.74, 6) is 2.35. The number of benzene rings is 5. The summed E-state index contributed by atoms with van der Waals surface area (Å²) in [7, 11) is 4.92. The number of ether oxygens (including phenoxy) is 3. The first kappa shape index (κ1) is 52.6. The Bertz CT molecular complexity index is 4810. The van der Waals surface area contributed by atoms with E-state index in [-0.39, 0.29) is 16.3 Å². The number of hydrogen-bond acceptors (Lipinski definition) is 13. The first-order valence-electron chi connectivity index (χ1n) is 25.0. The quantitative estimate of drug-likeness (QED) is 0.141. The van der Waals surface area contributed by atoms with E-state index in [1.165, 1.54) is 18.2 Å². The van der Waals surface area contributed by atoms with Crippen molar-refractivity contribution in [1.29, 1.82) is 0 Å². The van der Waals surface area contributed by atoms with Gasteiger partial charge in [0.2, 0.25) is 0 Å². The van der Waals surface area contributed by atoms with Crippen molar-refractivity contribution in [2.75, 3.05) is 21.3 Å². The van der Waals surface area contributed by atoms with Crippen molar-refractivity contribution in [3.63, 3.8) is 0 Å². The fourth-order valence-electron chi connectivity index (χ4n) is 9.48. The molecule has 10 heterocycles. The SMILES string of the molecule is COc1ccnc2c1ccc1c(=O)cc[nH]c12.COc1ccnc2c1ccc1c(OC)ccnc12.Clc1ccnc2c1ccc1c(Cl)ccnc12.O=c1cc[nH]c2c1ccc1c(=O)cc[nH]c12.c1cnc2c(c1)ccc1cccnc12. The Hall–Kier alpha value is -10.4. The number of methoxy groups -OCH3 is 3. The number of hydrogen-bond donors (Lipinski definition) is 3. The van der Waals surface area contributed by atoms with Gasteiger partial charge in [0, 0.05) is 134 Å². The number of nitrogens with zero attached hydrogens (tertiary/aromatic N) is 7. The molecule has 0 saturated carbocycles. The topological polar surface area (TPSA) is 216 Å². The molecule has 81 heavy (non-hydrogen) atoms. The normalized spacial score (nSPS) is 10.9. The average Bonchev–Trinajstić information content (AvgIpc) is 3.64. The van der Waals surface area contributed by atoms with E-state index in [0.717, 1.165) is 99.1 Å². The molecule has 3 N–H and O–H groups in total. The van der Waals surface area contributed by atoms with Crippen LogP contribution in [0.25, 0.3) is 109 Å². The largest absolute Gasteiger partial charge is 0.496 e.